The lowest BCUT2D eigenvalue weighted by molar-refractivity contribution is -0.137. The number of anilines is 3. The molecule has 0 saturated heterocycles. The highest BCUT2D eigenvalue weighted by molar-refractivity contribution is 6.31. The third-order valence-corrected chi connectivity index (χ3v) is 8.90. The third kappa shape index (κ3) is 14.2. The average molecular weight is 855 g/mol. The number of alkyl halides is 3. The van der Waals surface area contributed by atoms with Crippen LogP contribution in [0.25, 0.3) is 0 Å². The first-order valence-electron chi connectivity index (χ1n) is 18.2. The smallest absolute Gasteiger partial charge is 0.417 e. The van der Waals surface area contributed by atoms with E-state index in [1.165, 1.54) is 60.6 Å². The van der Waals surface area contributed by atoms with Gasteiger partial charge >= 0.3 is 18.3 Å². The number of urea groups is 1. The first-order valence-corrected chi connectivity index (χ1v) is 18.6. The fourth-order valence-electron chi connectivity index (χ4n) is 5.05. The van der Waals surface area contributed by atoms with Crippen LogP contribution in [0.3, 0.4) is 0 Å². The molecule has 2 unspecified atom stereocenters. The van der Waals surface area contributed by atoms with Crippen LogP contribution in [-0.2, 0) is 31.9 Å². The maximum atomic E-state index is 13.1. The standard InChI is InChI=1S/C40H42ClF3N8O8/c1-4-23(2)35(54)51-33(21-34(45)53)37(56)48-25-7-5-24(6-8-25)22-59-39(58)52(3)18-17-47-36(55)32-20-29(15-16-46-32)60-28-12-9-26(10-13-28)49-38(57)50-27-11-14-31(41)30(19-27)40(42,43)44/h5-16,19-20,23,33H,4,17-18,21-22H2,1-3H3,(H2,45,53)(H,47,55)(H,48,56)(H,51,54)(H2,49,50,57). The molecular formula is C40H42ClF3N8O8. The van der Waals surface area contributed by atoms with Gasteiger partial charge in [-0.15, -0.1) is 0 Å². The Bertz CT molecular complexity index is 2180. The number of hydrogen-bond donors (Lipinski definition) is 6. The van der Waals surface area contributed by atoms with E-state index in [2.05, 4.69) is 31.6 Å². The van der Waals surface area contributed by atoms with Crippen molar-refractivity contribution >= 4 is 64.4 Å². The monoisotopic (exact) mass is 854 g/mol. The highest BCUT2D eigenvalue weighted by Crippen LogP contribution is 2.36. The summed E-state index contributed by atoms with van der Waals surface area (Å²) in [5.74, 6) is -2.04. The molecule has 16 nitrogen and oxygen atoms in total. The Morgan fingerprint density at radius 3 is 2.13 bits per heavy atom. The van der Waals surface area contributed by atoms with Crippen molar-refractivity contribution < 1.29 is 51.4 Å². The van der Waals surface area contributed by atoms with Crippen molar-refractivity contribution in [2.75, 3.05) is 36.1 Å². The second-order valence-electron chi connectivity index (χ2n) is 13.2. The number of nitrogens with two attached hydrogens (primary N) is 1. The predicted molar refractivity (Wildman–Crippen MR) is 215 cm³/mol. The van der Waals surface area contributed by atoms with Crippen molar-refractivity contribution in [2.24, 2.45) is 11.7 Å². The van der Waals surface area contributed by atoms with Crippen LogP contribution in [0.4, 0.5) is 39.8 Å². The lowest BCUT2D eigenvalue weighted by atomic mass is 10.1. The summed E-state index contributed by atoms with van der Waals surface area (Å²) in [6.07, 6.45) is -3.82. The number of primary amides is 1. The summed E-state index contributed by atoms with van der Waals surface area (Å²) in [6, 6.07) is 16.4. The number of carbonyl (C=O) groups is 6. The van der Waals surface area contributed by atoms with Crippen LogP contribution in [-0.4, -0.2) is 71.8 Å². The zero-order valence-corrected chi connectivity index (χ0v) is 33.3. The van der Waals surface area contributed by atoms with Crippen molar-refractivity contribution in [1.29, 1.82) is 0 Å². The second-order valence-corrected chi connectivity index (χ2v) is 13.6. The van der Waals surface area contributed by atoms with Crippen molar-refractivity contribution in [2.45, 2.75) is 45.5 Å². The fourth-order valence-corrected chi connectivity index (χ4v) is 5.28. The van der Waals surface area contributed by atoms with E-state index in [-0.39, 0.29) is 55.1 Å². The largest absolute Gasteiger partial charge is 0.457 e. The van der Waals surface area contributed by atoms with E-state index in [1.54, 1.807) is 31.2 Å². The van der Waals surface area contributed by atoms with Gasteiger partial charge in [-0.25, -0.2) is 9.59 Å². The van der Waals surface area contributed by atoms with Crippen LogP contribution < -0.4 is 37.1 Å². The van der Waals surface area contributed by atoms with Gasteiger partial charge in [0.25, 0.3) is 5.91 Å². The number of nitrogens with one attached hydrogen (secondary N) is 5. The number of hydrogen-bond acceptors (Lipinski definition) is 9. The summed E-state index contributed by atoms with van der Waals surface area (Å²) in [6.45, 7) is 3.58. The minimum atomic E-state index is -4.69. The Balaban J connectivity index is 1.19. The summed E-state index contributed by atoms with van der Waals surface area (Å²) < 4.78 is 50.6. The van der Waals surface area contributed by atoms with Gasteiger partial charge in [-0.3, -0.25) is 24.2 Å². The predicted octanol–water partition coefficient (Wildman–Crippen LogP) is 6.53. The van der Waals surface area contributed by atoms with Crippen LogP contribution in [0.1, 0.15) is 48.3 Å². The maximum Gasteiger partial charge on any atom is 0.417 e. The van der Waals surface area contributed by atoms with Crippen molar-refractivity contribution in [1.82, 2.24) is 20.5 Å². The van der Waals surface area contributed by atoms with Crippen LogP contribution in [0.2, 0.25) is 5.02 Å². The molecule has 0 saturated carbocycles. The van der Waals surface area contributed by atoms with Crippen LogP contribution in [0, 0.1) is 5.92 Å². The molecule has 0 aliphatic carbocycles. The van der Waals surface area contributed by atoms with Crippen molar-refractivity contribution in [3.63, 3.8) is 0 Å². The lowest BCUT2D eigenvalue weighted by Crippen LogP contribution is -2.47. The third-order valence-electron chi connectivity index (χ3n) is 8.57. The number of nitrogens with zero attached hydrogens (tertiary/aromatic N) is 2. The van der Waals surface area contributed by atoms with Gasteiger partial charge in [0.1, 0.15) is 29.8 Å². The van der Waals surface area contributed by atoms with E-state index < -0.39 is 52.7 Å². The molecule has 0 aliphatic heterocycles. The maximum absolute atomic E-state index is 13.1. The zero-order valence-electron chi connectivity index (χ0n) is 32.5. The number of pyridine rings is 1. The van der Waals surface area contributed by atoms with Gasteiger partial charge in [0.15, 0.2) is 0 Å². The first kappa shape index (κ1) is 45.8. The highest BCUT2D eigenvalue weighted by Gasteiger charge is 2.33. The molecule has 0 bridgehead atoms. The van der Waals surface area contributed by atoms with E-state index in [0.717, 1.165) is 12.1 Å². The van der Waals surface area contributed by atoms with Crippen LogP contribution in [0.5, 0.6) is 11.5 Å². The molecule has 7 amide bonds. The number of ether oxygens (including phenoxy) is 2. The molecule has 3 aromatic carbocycles. The summed E-state index contributed by atoms with van der Waals surface area (Å²) in [5, 5.41) is 12.2. The summed E-state index contributed by atoms with van der Waals surface area (Å²) >= 11 is 5.63. The number of amides is 7. The normalized spacial score (nSPS) is 11.9. The number of carbonyl (C=O) groups excluding carboxylic acids is 6. The molecule has 0 aliphatic rings. The molecule has 7 N–H and O–H groups in total. The minimum Gasteiger partial charge on any atom is -0.457 e. The quantitative estimate of drug-likeness (QED) is 0.0678. The van der Waals surface area contributed by atoms with E-state index in [4.69, 9.17) is 26.8 Å². The Kier molecular flexibility index (Phi) is 16.2. The molecule has 2 atom stereocenters. The molecule has 4 aromatic rings. The molecule has 60 heavy (non-hydrogen) atoms. The molecule has 0 radical (unpaired) electrons. The van der Waals surface area contributed by atoms with Gasteiger partial charge in [0.2, 0.25) is 17.7 Å². The molecule has 0 fully saturated rings. The minimum absolute atomic E-state index is 0.0300. The Labute approximate surface area is 347 Å². The summed E-state index contributed by atoms with van der Waals surface area (Å²) in [5.41, 5.74) is 5.39. The van der Waals surface area contributed by atoms with Gasteiger partial charge in [-0.1, -0.05) is 37.6 Å². The molecular weight excluding hydrogens is 813 g/mol. The van der Waals surface area contributed by atoms with Gasteiger partial charge in [0, 0.05) is 55.4 Å². The highest BCUT2D eigenvalue weighted by atomic mass is 35.5. The second kappa shape index (κ2) is 21.2. The first-order chi connectivity index (χ1) is 28.4. The molecule has 318 valence electrons. The average Bonchev–Trinajstić information content (AvgIpc) is 3.20. The van der Waals surface area contributed by atoms with E-state index in [9.17, 15) is 41.9 Å². The van der Waals surface area contributed by atoms with E-state index in [1.807, 2.05) is 6.92 Å². The molecule has 20 heteroatoms. The number of rotatable bonds is 17. The van der Waals surface area contributed by atoms with Gasteiger partial charge in [0.05, 0.1) is 17.0 Å². The Morgan fingerprint density at radius 1 is 0.850 bits per heavy atom. The van der Waals surface area contributed by atoms with Gasteiger partial charge in [-0.05, 0) is 72.6 Å². The Morgan fingerprint density at radius 2 is 1.48 bits per heavy atom. The number of likely N-dealkylation sites (N-methyl/N-ethyl adjacent to an activating group) is 1. The number of aromatic nitrogens is 1. The van der Waals surface area contributed by atoms with Crippen molar-refractivity contribution in [3.05, 3.63) is 107 Å². The molecule has 0 spiro atoms. The van der Waals surface area contributed by atoms with Crippen molar-refractivity contribution in [3.8, 4) is 11.5 Å². The van der Waals surface area contributed by atoms with Crippen LogP contribution >= 0.6 is 11.6 Å². The molecule has 1 heterocycles. The number of halogens is 4. The van der Waals surface area contributed by atoms with E-state index in [0.29, 0.717) is 29.1 Å². The van der Waals surface area contributed by atoms with Gasteiger partial charge in [-0.2, -0.15) is 13.2 Å². The lowest BCUT2D eigenvalue weighted by Gasteiger charge is -2.19. The van der Waals surface area contributed by atoms with Gasteiger partial charge < -0.3 is 46.7 Å². The SMILES string of the molecule is CCC(C)C(=O)NC(CC(N)=O)C(=O)Nc1ccc(COC(=O)N(C)CCNC(=O)c2cc(Oc3ccc(NC(=O)Nc4ccc(Cl)c(C(F)(F)F)c4)cc3)ccn2)cc1. The zero-order chi connectivity index (χ0) is 44.0. The topological polar surface area (TPSA) is 223 Å². The fraction of sp³-hybridized carbons (Fsp3) is 0.275. The molecule has 4 rings (SSSR count). The van der Waals surface area contributed by atoms with Crippen LogP contribution in [0.15, 0.2) is 85.1 Å². The summed E-state index contributed by atoms with van der Waals surface area (Å²) in [7, 11) is 1.49. The Hall–Kier alpha value is -6.89. The summed E-state index contributed by atoms with van der Waals surface area (Å²) in [4.78, 5) is 79.7. The van der Waals surface area contributed by atoms with E-state index >= 15 is 0 Å². The molecule has 1 aromatic heterocycles. The number of benzene rings is 3.